The third kappa shape index (κ3) is 5.23. The molecule has 0 fully saturated rings. The summed E-state index contributed by atoms with van der Waals surface area (Å²) in [6, 6.07) is 7.43. The number of nitrogens with zero attached hydrogens (tertiary/aromatic N) is 3. The summed E-state index contributed by atoms with van der Waals surface area (Å²) >= 11 is 0. The molecule has 0 N–H and O–H groups in total. The summed E-state index contributed by atoms with van der Waals surface area (Å²) in [6.07, 6.45) is 1.01. The average Bonchev–Trinajstić information content (AvgIpc) is 2.42. The van der Waals surface area contributed by atoms with Gasteiger partial charge in [0.15, 0.2) is 0 Å². The Bertz CT molecular complexity index is 425. The normalized spacial score (nSPS) is 9.39. The van der Waals surface area contributed by atoms with E-state index in [1.165, 1.54) is 7.11 Å². The Hall–Kier alpha value is -2.20. The standard InChI is InChI=1S/C12H15N3O3/c1-17-12(16)7-4-10-2-5-11(6-3-10)18-9-8-14-15-13/h2-3,5-6H,4,7-9H2,1H3. The Balaban J connectivity index is 2.37. The van der Waals surface area contributed by atoms with E-state index in [-0.39, 0.29) is 5.97 Å². The van der Waals surface area contributed by atoms with Crippen LogP contribution in [0.4, 0.5) is 0 Å². The fraction of sp³-hybridized carbons (Fsp3) is 0.417. The molecule has 0 aromatic heterocycles. The number of aryl methyl sites for hydroxylation is 1. The molecule has 0 radical (unpaired) electrons. The number of hydrogen-bond acceptors (Lipinski definition) is 4. The van der Waals surface area contributed by atoms with Crippen molar-refractivity contribution in [1.82, 2.24) is 0 Å². The summed E-state index contributed by atoms with van der Waals surface area (Å²) < 4.78 is 9.92. The summed E-state index contributed by atoms with van der Waals surface area (Å²) in [5, 5.41) is 3.37. The van der Waals surface area contributed by atoms with Gasteiger partial charge in [0, 0.05) is 11.3 Å². The molecule has 0 amide bonds. The minimum Gasteiger partial charge on any atom is -0.493 e. The first-order chi connectivity index (χ1) is 8.76. The van der Waals surface area contributed by atoms with Gasteiger partial charge in [-0.3, -0.25) is 4.79 Å². The fourth-order valence-corrected chi connectivity index (χ4v) is 1.35. The van der Waals surface area contributed by atoms with E-state index >= 15 is 0 Å². The number of carbonyl (C=O) groups is 1. The molecular weight excluding hydrogens is 234 g/mol. The molecule has 18 heavy (non-hydrogen) atoms. The van der Waals surface area contributed by atoms with Crippen LogP contribution in [0.2, 0.25) is 0 Å². The predicted octanol–water partition coefficient (Wildman–Crippen LogP) is 2.48. The van der Waals surface area contributed by atoms with Crippen LogP contribution in [0.3, 0.4) is 0 Å². The largest absolute Gasteiger partial charge is 0.493 e. The van der Waals surface area contributed by atoms with Gasteiger partial charge in [0.05, 0.1) is 20.3 Å². The van der Waals surface area contributed by atoms with Crippen LogP contribution in [0.5, 0.6) is 5.75 Å². The maximum atomic E-state index is 11.0. The molecule has 0 saturated heterocycles. The van der Waals surface area contributed by atoms with Crippen LogP contribution in [0, 0.1) is 0 Å². The summed E-state index contributed by atoms with van der Waals surface area (Å²) in [5.41, 5.74) is 9.13. The molecule has 0 aliphatic rings. The predicted molar refractivity (Wildman–Crippen MR) is 66.3 cm³/mol. The van der Waals surface area contributed by atoms with Gasteiger partial charge >= 0.3 is 5.97 Å². The molecular formula is C12H15N3O3. The number of rotatable bonds is 7. The van der Waals surface area contributed by atoms with Crippen LogP contribution >= 0.6 is 0 Å². The Kier molecular flexibility index (Phi) is 6.14. The van der Waals surface area contributed by atoms with E-state index in [0.717, 1.165) is 5.56 Å². The molecule has 0 aliphatic heterocycles. The van der Waals surface area contributed by atoms with Crippen LogP contribution in [-0.2, 0) is 16.0 Å². The minimum absolute atomic E-state index is 0.218. The highest BCUT2D eigenvalue weighted by Crippen LogP contribution is 2.13. The number of ether oxygens (including phenoxy) is 2. The molecule has 0 atom stereocenters. The zero-order valence-electron chi connectivity index (χ0n) is 10.2. The van der Waals surface area contributed by atoms with Crippen molar-refractivity contribution in [3.8, 4) is 5.75 Å². The molecule has 1 rings (SSSR count). The van der Waals surface area contributed by atoms with E-state index in [2.05, 4.69) is 14.8 Å². The van der Waals surface area contributed by atoms with Gasteiger partial charge in [-0.25, -0.2) is 0 Å². The Morgan fingerprint density at radius 1 is 1.39 bits per heavy atom. The number of azide groups is 1. The molecule has 6 nitrogen and oxygen atoms in total. The van der Waals surface area contributed by atoms with Gasteiger partial charge in [-0.15, -0.1) is 0 Å². The SMILES string of the molecule is COC(=O)CCc1ccc(OCCN=[N+]=[N-])cc1. The smallest absolute Gasteiger partial charge is 0.305 e. The maximum absolute atomic E-state index is 11.0. The van der Waals surface area contributed by atoms with Crippen LogP contribution < -0.4 is 4.74 Å². The number of methoxy groups -OCH3 is 1. The van der Waals surface area contributed by atoms with E-state index in [9.17, 15) is 4.79 Å². The number of carbonyl (C=O) groups excluding carboxylic acids is 1. The van der Waals surface area contributed by atoms with Gasteiger partial charge in [0.25, 0.3) is 0 Å². The van der Waals surface area contributed by atoms with Gasteiger partial charge in [0.2, 0.25) is 0 Å². The Morgan fingerprint density at radius 2 is 2.11 bits per heavy atom. The number of benzene rings is 1. The fourth-order valence-electron chi connectivity index (χ4n) is 1.35. The van der Waals surface area contributed by atoms with Crippen molar-refractivity contribution in [3.63, 3.8) is 0 Å². The molecule has 96 valence electrons. The first kappa shape index (κ1) is 13.9. The highest BCUT2D eigenvalue weighted by molar-refractivity contribution is 5.69. The Morgan fingerprint density at radius 3 is 2.72 bits per heavy atom. The van der Waals surface area contributed by atoms with Gasteiger partial charge < -0.3 is 9.47 Å². The summed E-state index contributed by atoms with van der Waals surface area (Å²) in [7, 11) is 1.38. The van der Waals surface area contributed by atoms with Crippen LogP contribution in [0.1, 0.15) is 12.0 Å². The lowest BCUT2D eigenvalue weighted by atomic mass is 10.1. The Labute approximate surface area is 105 Å². The van der Waals surface area contributed by atoms with Gasteiger partial charge in [-0.1, -0.05) is 17.2 Å². The quantitative estimate of drug-likeness (QED) is 0.244. The molecule has 6 heteroatoms. The molecule has 1 aromatic carbocycles. The molecule has 1 aromatic rings. The van der Waals surface area contributed by atoms with Crippen molar-refractivity contribution >= 4 is 5.97 Å². The second kappa shape index (κ2) is 7.97. The van der Waals surface area contributed by atoms with Gasteiger partial charge in [-0.2, -0.15) is 0 Å². The monoisotopic (exact) mass is 249 g/mol. The zero-order chi connectivity index (χ0) is 13.2. The third-order valence-corrected chi connectivity index (χ3v) is 2.29. The first-order valence-electron chi connectivity index (χ1n) is 5.55. The lowest BCUT2D eigenvalue weighted by molar-refractivity contribution is -0.140. The van der Waals surface area contributed by atoms with Crippen LogP contribution in [-0.4, -0.2) is 26.2 Å². The molecule has 0 aliphatic carbocycles. The molecule has 0 heterocycles. The van der Waals surface area contributed by atoms with Crippen molar-refractivity contribution in [2.75, 3.05) is 20.3 Å². The van der Waals surface area contributed by atoms with E-state index < -0.39 is 0 Å². The van der Waals surface area contributed by atoms with Crippen LogP contribution in [0.15, 0.2) is 29.4 Å². The van der Waals surface area contributed by atoms with E-state index in [1.54, 1.807) is 0 Å². The summed E-state index contributed by atoms with van der Waals surface area (Å²) in [4.78, 5) is 13.6. The topological polar surface area (TPSA) is 84.3 Å². The number of hydrogen-bond donors (Lipinski definition) is 0. The van der Waals surface area contributed by atoms with Crippen molar-refractivity contribution < 1.29 is 14.3 Å². The highest BCUT2D eigenvalue weighted by Gasteiger charge is 2.01. The molecule has 0 saturated carbocycles. The second-order valence-corrected chi connectivity index (χ2v) is 3.52. The molecule has 0 bridgehead atoms. The van der Waals surface area contributed by atoms with Crippen molar-refractivity contribution in [1.29, 1.82) is 0 Å². The van der Waals surface area contributed by atoms with Gasteiger partial charge in [0.1, 0.15) is 5.75 Å². The van der Waals surface area contributed by atoms with E-state index in [4.69, 9.17) is 10.3 Å². The summed E-state index contributed by atoms with van der Waals surface area (Å²) in [6.45, 7) is 0.659. The first-order valence-corrected chi connectivity index (χ1v) is 5.55. The van der Waals surface area contributed by atoms with Crippen molar-refractivity contribution in [3.05, 3.63) is 40.3 Å². The lowest BCUT2D eigenvalue weighted by Crippen LogP contribution is -2.02. The third-order valence-electron chi connectivity index (χ3n) is 2.29. The van der Waals surface area contributed by atoms with E-state index in [1.807, 2.05) is 24.3 Å². The minimum atomic E-state index is -0.218. The second-order valence-electron chi connectivity index (χ2n) is 3.52. The van der Waals surface area contributed by atoms with Crippen LogP contribution in [0.25, 0.3) is 10.4 Å². The lowest BCUT2D eigenvalue weighted by Gasteiger charge is -2.05. The summed E-state index contributed by atoms with van der Waals surface area (Å²) in [5.74, 6) is 0.495. The van der Waals surface area contributed by atoms with E-state index in [0.29, 0.717) is 31.7 Å². The maximum Gasteiger partial charge on any atom is 0.305 e. The van der Waals surface area contributed by atoms with Crippen molar-refractivity contribution in [2.45, 2.75) is 12.8 Å². The molecule has 0 spiro atoms. The average molecular weight is 249 g/mol. The highest BCUT2D eigenvalue weighted by atomic mass is 16.5. The molecule has 0 unspecified atom stereocenters. The van der Waals surface area contributed by atoms with Crippen molar-refractivity contribution in [2.24, 2.45) is 5.11 Å². The van der Waals surface area contributed by atoms with Gasteiger partial charge in [-0.05, 0) is 29.6 Å². The zero-order valence-corrected chi connectivity index (χ0v) is 10.2. The number of esters is 1.